The molecule has 0 spiro atoms. The van der Waals surface area contributed by atoms with Crippen LogP contribution in [0.4, 0.5) is 0 Å². The predicted molar refractivity (Wildman–Crippen MR) is 49.0 cm³/mol. The number of carbonyl (C=O) groups excluding carboxylic acids is 1. The first-order valence-corrected chi connectivity index (χ1v) is 4.57. The third-order valence-corrected chi connectivity index (χ3v) is 1.65. The number of halogens is 1. The van der Waals surface area contributed by atoms with Crippen molar-refractivity contribution in [3.05, 3.63) is 12.2 Å². The summed E-state index contributed by atoms with van der Waals surface area (Å²) in [7, 11) is 0. The van der Waals surface area contributed by atoms with Gasteiger partial charge in [-0.1, -0.05) is 19.1 Å². The first kappa shape index (κ1) is 10.7. The van der Waals surface area contributed by atoms with Gasteiger partial charge in [0, 0.05) is 18.7 Å². The second-order valence-electron chi connectivity index (χ2n) is 2.41. The van der Waals surface area contributed by atoms with Crippen molar-refractivity contribution in [3.63, 3.8) is 0 Å². The van der Waals surface area contributed by atoms with Crippen LogP contribution in [0.5, 0.6) is 0 Å². The summed E-state index contributed by atoms with van der Waals surface area (Å²) >= 11 is 5.42. The van der Waals surface area contributed by atoms with Crippen LogP contribution in [0.25, 0.3) is 0 Å². The fourth-order valence-electron chi connectivity index (χ4n) is 0.775. The van der Waals surface area contributed by atoms with E-state index in [1.54, 1.807) is 0 Å². The summed E-state index contributed by atoms with van der Waals surface area (Å²) < 4.78 is 0. The first-order valence-electron chi connectivity index (χ1n) is 4.04. The van der Waals surface area contributed by atoms with Crippen LogP contribution in [0.2, 0.25) is 0 Å². The second kappa shape index (κ2) is 7.80. The summed E-state index contributed by atoms with van der Waals surface area (Å²) in [5.41, 5.74) is 0. The van der Waals surface area contributed by atoms with Gasteiger partial charge in [-0.3, -0.25) is 4.79 Å². The Bertz CT molecular complexity index is 130. The fraction of sp³-hybridized carbons (Fsp3) is 0.667. The lowest BCUT2D eigenvalue weighted by Gasteiger charge is -1.93. The molecule has 0 aromatic heterocycles. The van der Waals surface area contributed by atoms with Crippen molar-refractivity contribution >= 4 is 17.4 Å². The predicted octanol–water partition coefficient (Wildman–Crippen LogP) is 2.93. The lowest BCUT2D eigenvalue weighted by molar-refractivity contribution is -0.118. The van der Waals surface area contributed by atoms with Crippen molar-refractivity contribution in [1.82, 2.24) is 0 Å². The number of carbonyl (C=O) groups is 1. The topological polar surface area (TPSA) is 17.1 Å². The molecule has 64 valence electrons. The zero-order valence-electron chi connectivity index (χ0n) is 6.98. The van der Waals surface area contributed by atoms with Crippen LogP contribution in [-0.4, -0.2) is 11.7 Å². The Morgan fingerprint density at radius 2 is 2.18 bits per heavy atom. The van der Waals surface area contributed by atoms with E-state index in [0.717, 1.165) is 12.8 Å². The average Bonchev–Trinajstić information content (AvgIpc) is 2.04. The van der Waals surface area contributed by atoms with E-state index in [1.807, 2.05) is 19.1 Å². The largest absolute Gasteiger partial charge is 0.300 e. The molecule has 0 aliphatic carbocycles. The van der Waals surface area contributed by atoms with Crippen LogP contribution in [0.1, 0.15) is 32.6 Å². The van der Waals surface area contributed by atoms with E-state index in [4.69, 9.17) is 11.6 Å². The standard InChI is InChI=1S/C9H15ClO/c1-2-9(11)7-5-3-4-6-8-10/h4,6H,2-3,5,7-8H2,1H3/b6-4+. The lowest BCUT2D eigenvalue weighted by atomic mass is 10.1. The van der Waals surface area contributed by atoms with Gasteiger partial charge in [-0.25, -0.2) is 0 Å². The number of unbranched alkanes of at least 4 members (excludes halogenated alkanes) is 1. The van der Waals surface area contributed by atoms with Crippen LogP contribution in [0.3, 0.4) is 0 Å². The molecule has 0 N–H and O–H groups in total. The maximum Gasteiger partial charge on any atom is 0.132 e. The fourth-order valence-corrected chi connectivity index (χ4v) is 0.901. The Kier molecular flexibility index (Phi) is 7.59. The normalized spacial score (nSPS) is 10.7. The molecule has 0 saturated heterocycles. The molecule has 0 radical (unpaired) electrons. The van der Waals surface area contributed by atoms with E-state index in [2.05, 4.69) is 0 Å². The van der Waals surface area contributed by atoms with E-state index in [1.165, 1.54) is 0 Å². The molecule has 0 amide bonds. The van der Waals surface area contributed by atoms with Crippen molar-refractivity contribution in [2.75, 3.05) is 5.88 Å². The maximum absolute atomic E-state index is 10.8. The van der Waals surface area contributed by atoms with Crippen LogP contribution < -0.4 is 0 Å². The molecule has 0 bridgehead atoms. The molecule has 2 heteroatoms. The summed E-state index contributed by atoms with van der Waals surface area (Å²) in [6, 6.07) is 0. The molecule has 0 heterocycles. The minimum Gasteiger partial charge on any atom is -0.300 e. The van der Waals surface area contributed by atoms with Gasteiger partial charge >= 0.3 is 0 Å². The Morgan fingerprint density at radius 3 is 2.73 bits per heavy atom. The molecule has 0 saturated carbocycles. The van der Waals surface area contributed by atoms with E-state index < -0.39 is 0 Å². The summed E-state index contributed by atoms with van der Waals surface area (Å²) in [6.45, 7) is 1.90. The Balaban J connectivity index is 3.14. The monoisotopic (exact) mass is 174 g/mol. The first-order chi connectivity index (χ1) is 5.31. The van der Waals surface area contributed by atoms with Gasteiger partial charge in [0.15, 0.2) is 0 Å². The summed E-state index contributed by atoms with van der Waals surface area (Å²) in [5.74, 6) is 0.922. The smallest absolute Gasteiger partial charge is 0.132 e. The molecule has 0 aromatic carbocycles. The molecule has 0 rings (SSSR count). The van der Waals surface area contributed by atoms with Gasteiger partial charge in [0.25, 0.3) is 0 Å². The van der Waals surface area contributed by atoms with Crippen LogP contribution >= 0.6 is 11.6 Å². The van der Waals surface area contributed by atoms with Crippen LogP contribution in [0.15, 0.2) is 12.2 Å². The number of hydrogen-bond acceptors (Lipinski definition) is 1. The molecule has 0 unspecified atom stereocenters. The molecular weight excluding hydrogens is 160 g/mol. The summed E-state index contributed by atoms with van der Waals surface area (Å²) in [6.07, 6.45) is 7.24. The average molecular weight is 175 g/mol. The van der Waals surface area contributed by atoms with E-state index >= 15 is 0 Å². The number of alkyl halides is 1. The van der Waals surface area contributed by atoms with Crippen molar-refractivity contribution in [2.45, 2.75) is 32.6 Å². The van der Waals surface area contributed by atoms with Gasteiger partial charge in [-0.15, -0.1) is 11.6 Å². The Hall–Kier alpha value is -0.300. The van der Waals surface area contributed by atoms with Crippen molar-refractivity contribution in [1.29, 1.82) is 0 Å². The van der Waals surface area contributed by atoms with Crippen molar-refractivity contribution < 1.29 is 4.79 Å². The number of allylic oxidation sites excluding steroid dienone is 2. The highest BCUT2D eigenvalue weighted by molar-refractivity contribution is 6.18. The molecule has 0 fully saturated rings. The SMILES string of the molecule is CCC(=O)CCC/C=C/CCl. The van der Waals surface area contributed by atoms with Gasteiger partial charge in [0.2, 0.25) is 0 Å². The number of Topliss-reactive ketones (excluding diaryl/α,β-unsaturated/α-hetero) is 1. The second-order valence-corrected chi connectivity index (χ2v) is 2.72. The molecule has 0 aliphatic rings. The quantitative estimate of drug-likeness (QED) is 0.344. The summed E-state index contributed by atoms with van der Waals surface area (Å²) in [5, 5.41) is 0. The van der Waals surface area contributed by atoms with Gasteiger partial charge < -0.3 is 0 Å². The van der Waals surface area contributed by atoms with E-state index in [0.29, 0.717) is 24.5 Å². The highest BCUT2D eigenvalue weighted by Gasteiger charge is 1.94. The van der Waals surface area contributed by atoms with Crippen molar-refractivity contribution in [2.24, 2.45) is 0 Å². The van der Waals surface area contributed by atoms with Crippen LogP contribution in [0, 0.1) is 0 Å². The Labute approximate surface area is 73.4 Å². The third-order valence-electron chi connectivity index (χ3n) is 1.48. The molecule has 1 nitrogen and oxygen atoms in total. The maximum atomic E-state index is 10.8. The minimum atomic E-state index is 0.351. The zero-order chi connectivity index (χ0) is 8.53. The summed E-state index contributed by atoms with van der Waals surface area (Å²) in [4.78, 5) is 10.8. The molecule has 11 heavy (non-hydrogen) atoms. The lowest BCUT2D eigenvalue weighted by Crippen LogP contribution is -1.93. The minimum absolute atomic E-state index is 0.351. The van der Waals surface area contributed by atoms with Gasteiger partial charge in [-0.2, -0.15) is 0 Å². The van der Waals surface area contributed by atoms with Gasteiger partial charge in [0.1, 0.15) is 5.78 Å². The molecular formula is C9H15ClO. The molecule has 0 aromatic rings. The molecule has 0 atom stereocenters. The van der Waals surface area contributed by atoms with Crippen molar-refractivity contribution in [3.8, 4) is 0 Å². The third kappa shape index (κ3) is 7.60. The zero-order valence-corrected chi connectivity index (χ0v) is 7.73. The highest BCUT2D eigenvalue weighted by atomic mass is 35.5. The number of rotatable bonds is 6. The van der Waals surface area contributed by atoms with Gasteiger partial charge in [0.05, 0.1) is 0 Å². The van der Waals surface area contributed by atoms with Gasteiger partial charge in [-0.05, 0) is 12.8 Å². The molecule has 0 aliphatic heterocycles. The van der Waals surface area contributed by atoms with E-state index in [-0.39, 0.29) is 0 Å². The number of hydrogen-bond donors (Lipinski definition) is 0. The highest BCUT2D eigenvalue weighted by Crippen LogP contribution is 1.99. The van der Waals surface area contributed by atoms with Crippen LogP contribution in [-0.2, 0) is 4.79 Å². The Morgan fingerprint density at radius 1 is 1.45 bits per heavy atom. The van der Waals surface area contributed by atoms with E-state index in [9.17, 15) is 4.79 Å². The number of ketones is 1.